The van der Waals surface area contributed by atoms with Crippen molar-refractivity contribution in [2.75, 3.05) is 0 Å². The number of halogens is 2. The lowest BCUT2D eigenvalue weighted by atomic mass is 9.89. The first kappa shape index (κ1) is 15.1. The summed E-state index contributed by atoms with van der Waals surface area (Å²) < 4.78 is 1.58. The Bertz CT molecular complexity index is 776. The molecule has 0 unspecified atom stereocenters. The van der Waals surface area contributed by atoms with E-state index in [1.165, 1.54) is 12.2 Å². The van der Waals surface area contributed by atoms with Gasteiger partial charge in [-0.05, 0) is 35.4 Å². The molecule has 2 aromatic carbocycles. The molecule has 0 fully saturated rings. The number of allylic oxidation sites excluding steroid dienone is 4. The average molecular weight is 418 g/mol. The van der Waals surface area contributed by atoms with E-state index in [0.29, 0.717) is 11.1 Å². The smallest absolute Gasteiger partial charge is 0.187 e. The maximum Gasteiger partial charge on any atom is 0.187 e. The molecule has 0 saturated heterocycles. The topological polar surface area (TPSA) is 34.1 Å². The normalized spacial score (nSPS) is 14.6. The summed E-state index contributed by atoms with van der Waals surface area (Å²) in [6.07, 6.45) is 2.83. The van der Waals surface area contributed by atoms with Crippen molar-refractivity contribution in [2.45, 2.75) is 0 Å². The standard InChI is InChI=1S/C18H10Br2O2/c19-15-7-3-1-5-11(15)13-9-18(22)14(10-17(13)21)12-6-2-4-8-16(12)20/h1-10H. The summed E-state index contributed by atoms with van der Waals surface area (Å²) in [6, 6.07) is 14.7. The summed E-state index contributed by atoms with van der Waals surface area (Å²) in [5.41, 5.74) is 2.27. The monoisotopic (exact) mass is 416 g/mol. The third kappa shape index (κ3) is 2.76. The van der Waals surface area contributed by atoms with Gasteiger partial charge in [0.2, 0.25) is 0 Å². The Labute approximate surface area is 144 Å². The first-order valence-electron chi connectivity index (χ1n) is 6.60. The molecule has 0 amide bonds. The lowest BCUT2D eigenvalue weighted by Crippen LogP contribution is -2.12. The zero-order chi connectivity index (χ0) is 15.7. The van der Waals surface area contributed by atoms with Crippen molar-refractivity contribution < 1.29 is 9.59 Å². The van der Waals surface area contributed by atoms with Crippen molar-refractivity contribution in [2.24, 2.45) is 0 Å². The molecule has 2 aromatic rings. The predicted molar refractivity (Wildman–Crippen MR) is 94.3 cm³/mol. The summed E-state index contributed by atoms with van der Waals surface area (Å²) in [5.74, 6) is -0.338. The van der Waals surface area contributed by atoms with Gasteiger partial charge in [-0.3, -0.25) is 9.59 Å². The second kappa shape index (κ2) is 6.15. The molecule has 2 nitrogen and oxygen atoms in total. The van der Waals surface area contributed by atoms with Crippen LogP contribution < -0.4 is 0 Å². The van der Waals surface area contributed by atoms with Gasteiger partial charge in [0.15, 0.2) is 11.6 Å². The molecular weight excluding hydrogens is 408 g/mol. The Balaban J connectivity index is 2.05. The van der Waals surface area contributed by atoms with E-state index in [1.54, 1.807) is 0 Å². The zero-order valence-corrected chi connectivity index (χ0v) is 14.5. The summed E-state index contributed by atoms with van der Waals surface area (Å²) in [6.45, 7) is 0. The van der Waals surface area contributed by atoms with Crippen molar-refractivity contribution in [1.29, 1.82) is 0 Å². The van der Waals surface area contributed by atoms with Crippen LogP contribution in [0.3, 0.4) is 0 Å². The SMILES string of the molecule is O=C1C=C(c2ccccc2Br)C(=O)C=C1c1ccccc1Br. The van der Waals surface area contributed by atoms with Crippen LogP contribution >= 0.6 is 31.9 Å². The second-order valence-electron chi connectivity index (χ2n) is 4.80. The van der Waals surface area contributed by atoms with Crippen molar-refractivity contribution in [1.82, 2.24) is 0 Å². The van der Waals surface area contributed by atoms with Gasteiger partial charge >= 0.3 is 0 Å². The van der Waals surface area contributed by atoms with Crippen LogP contribution in [0.1, 0.15) is 11.1 Å². The highest BCUT2D eigenvalue weighted by molar-refractivity contribution is 9.10. The maximum atomic E-state index is 12.5. The Morgan fingerprint density at radius 1 is 0.591 bits per heavy atom. The van der Waals surface area contributed by atoms with Gasteiger partial charge in [-0.25, -0.2) is 0 Å². The molecule has 0 saturated carbocycles. The minimum absolute atomic E-state index is 0.169. The molecule has 0 atom stereocenters. The predicted octanol–water partition coefficient (Wildman–Crippen LogP) is 4.83. The number of carbonyl (C=O) groups excluding carboxylic acids is 2. The Morgan fingerprint density at radius 3 is 1.32 bits per heavy atom. The summed E-state index contributed by atoms with van der Waals surface area (Å²) in [5, 5.41) is 0. The number of ketones is 2. The Hall–Kier alpha value is -1.78. The van der Waals surface area contributed by atoms with Gasteiger partial charge in [0, 0.05) is 20.1 Å². The molecular formula is C18H10Br2O2. The van der Waals surface area contributed by atoms with Gasteiger partial charge in [-0.2, -0.15) is 0 Å². The lowest BCUT2D eigenvalue weighted by molar-refractivity contribution is -0.112. The van der Waals surface area contributed by atoms with Gasteiger partial charge in [-0.15, -0.1) is 0 Å². The summed E-state index contributed by atoms with van der Waals surface area (Å²) in [7, 11) is 0. The highest BCUT2D eigenvalue weighted by Crippen LogP contribution is 2.32. The summed E-state index contributed by atoms with van der Waals surface area (Å²) in [4.78, 5) is 24.9. The first-order chi connectivity index (χ1) is 10.6. The fraction of sp³-hybridized carbons (Fsp3) is 0. The van der Waals surface area contributed by atoms with E-state index in [-0.39, 0.29) is 11.6 Å². The molecule has 0 bridgehead atoms. The number of hydrogen-bond acceptors (Lipinski definition) is 2. The Kier molecular flexibility index (Phi) is 4.23. The van der Waals surface area contributed by atoms with Crippen LogP contribution in [0.5, 0.6) is 0 Å². The van der Waals surface area contributed by atoms with Crippen LogP contribution in [0.2, 0.25) is 0 Å². The fourth-order valence-corrected chi connectivity index (χ4v) is 3.34. The van der Waals surface area contributed by atoms with Crippen LogP contribution in [0, 0.1) is 0 Å². The molecule has 1 aliphatic rings. The zero-order valence-electron chi connectivity index (χ0n) is 11.3. The third-order valence-electron chi connectivity index (χ3n) is 3.41. The van der Waals surface area contributed by atoms with Crippen molar-refractivity contribution in [3.8, 4) is 0 Å². The minimum atomic E-state index is -0.169. The Morgan fingerprint density at radius 2 is 0.955 bits per heavy atom. The van der Waals surface area contributed by atoms with E-state index in [4.69, 9.17) is 0 Å². The third-order valence-corrected chi connectivity index (χ3v) is 4.79. The molecule has 0 aromatic heterocycles. The van der Waals surface area contributed by atoms with E-state index in [9.17, 15) is 9.59 Å². The molecule has 22 heavy (non-hydrogen) atoms. The van der Waals surface area contributed by atoms with Crippen LogP contribution in [0.4, 0.5) is 0 Å². The van der Waals surface area contributed by atoms with Crippen LogP contribution in [0.25, 0.3) is 11.1 Å². The van der Waals surface area contributed by atoms with E-state index in [1.807, 2.05) is 48.5 Å². The number of benzene rings is 2. The minimum Gasteiger partial charge on any atom is -0.289 e. The number of rotatable bonds is 2. The van der Waals surface area contributed by atoms with E-state index < -0.39 is 0 Å². The van der Waals surface area contributed by atoms with Crippen molar-refractivity contribution in [3.05, 3.63) is 80.8 Å². The van der Waals surface area contributed by atoms with Gasteiger partial charge in [0.1, 0.15) is 0 Å². The second-order valence-corrected chi connectivity index (χ2v) is 6.51. The largest absolute Gasteiger partial charge is 0.289 e. The van der Waals surface area contributed by atoms with Crippen molar-refractivity contribution >= 4 is 54.6 Å². The highest BCUT2D eigenvalue weighted by Gasteiger charge is 2.24. The van der Waals surface area contributed by atoms with Crippen LogP contribution in [-0.2, 0) is 9.59 Å². The maximum absolute atomic E-state index is 12.5. The van der Waals surface area contributed by atoms with E-state index in [2.05, 4.69) is 31.9 Å². The van der Waals surface area contributed by atoms with Crippen molar-refractivity contribution in [3.63, 3.8) is 0 Å². The highest BCUT2D eigenvalue weighted by atomic mass is 79.9. The van der Waals surface area contributed by atoms with Gasteiger partial charge in [0.05, 0.1) is 0 Å². The van der Waals surface area contributed by atoms with E-state index in [0.717, 1.165) is 20.1 Å². The van der Waals surface area contributed by atoms with Gasteiger partial charge in [0.25, 0.3) is 0 Å². The molecule has 0 spiro atoms. The molecule has 1 aliphatic carbocycles. The van der Waals surface area contributed by atoms with Crippen LogP contribution in [-0.4, -0.2) is 11.6 Å². The molecule has 0 heterocycles. The first-order valence-corrected chi connectivity index (χ1v) is 8.18. The van der Waals surface area contributed by atoms with E-state index >= 15 is 0 Å². The molecule has 0 aliphatic heterocycles. The van der Waals surface area contributed by atoms with Gasteiger partial charge in [-0.1, -0.05) is 68.3 Å². The molecule has 0 N–H and O–H groups in total. The lowest BCUT2D eigenvalue weighted by Gasteiger charge is -2.14. The number of hydrogen-bond donors (Lipinski definition) is 0. The summed E-state index contributed by atoms with van der Waals surface area (Å²) >= 11 is 6.84. The quantitative estimate of drug-likeness (QED) is 0.655. The molecule has 3 rings (SSSR count). The number of carbonyl (C=O) groups is 2. The average Bonchev–Trinajstić information content (AvgIpc) is 2.51. The molecule has 108 valence electrons. The van der Waals surface area contributed by atoms with Gasteiger partial charge < -0.3 is 0 Å². The van der Waals surface area contributed by atoms with Crippen LogP contribution in [0.15, 0.2) is 69.6 Å². The fourth-order valence-electron chi connectivity index (χ4n) is 2.34. The molecule has 4 heteroatoms. The molecule has 0 radical (unpaired) electrons.